The fourth-order valence-electron chi connectivity index (χ4n) is 1.23. The van der Waals surface area contributed by atoms with E-state index in [9.17, 15) is 0 Å². The molecule has 80 valence electrons. The Labute approximate surface area is 89.6 Å². The molecule has 0 aromatic carbocycles. The third-order valence-corrected chi connectivity index (χ3v) is 2.13. The van der Waals surface area contributed by atoms with Gasteiger partial charge in [0.2, 0.25) is 0 Å². The topological polar surface area (TPSA) is 68.9 Å². The van der Waals surface area contributed by atoms with Gasteiger partial charge in [-0.15, -0.1) is 0 Å². The summed E-state index contributed by atoms with van der Waals surface area (Å²) in [5, 5.41) is 21.1. The Morgan fingerprint density at radius 3 is 3.00 bits per heavy atom. The molecule has 0 aliphatic carbocycles. The third-order valence-electron chi connectivity index (χ3n) is 2.13. The molecule has 1 unspecified atom stereocenters. The van der Waals surface area contributed by atoms with Crippen molar-refractivity contribution in [1.29, 1.82) is 5.26 Å². The first-order chi connectivity index (χ1) is 7.15. The van der Waals surface area contributed by atoms with Gasteiger partial charge in [-0.25, -0.2) is 4.98 Å². The van der Waals surface area contributed by atoms with E-state index in [1.807, 2.05) is 6.92 Å². The number of hydrogen-bond donors (Lipinski definition) is 2. The van der Waals surface area contributed by atoms with Gasteiger partial charge in [0.05, 0.1) is 11.7 Å². The lowest BCUT2D eigenvalue weighted by Crippen LogP contribution is -2.11. The predicted molar refractivity (Wildman–Crippen MR) is 58.5 cm³/mol. The summed E-state index contributed by atoms with van der Waals surface area (Å²) in [6.07, 6.45) is 1.97. The van der Waals surface area contributed by atoms with Gasteiger partial charge in [0.25, 0.3) is 0 Å². The molecule has 0 aliphatic rings. The van der Waals surface area contributed by atoms with Crippen molar-refractivity contribution in [3.05, 3.63) is 23.4 Å². The number of aryl methyl sites for hydroxylation is 1. The van der Waals surface area contributed by atoms with Crippen LogP contribution < -0.4 is 5.32 Å². The van der Waals surface area contributed by atoms with Gasteiger partial charge in [-0.05, 0) is 31.9 Å². The maximum atomic E-state index is 9.09. The molecule has 0 spiro atoms. The van der Waals surface area contributed by atoms with Crippen LogP contribution in [0.3, 0.4) is 0 Å². The van der Waals surface area contributed by atoms with Crippen LogP contribution in [0.15, 0.2) is 12.3 Å². The lowest BCUT2D eigenvalue weighted by molar-refractivity contribution is 0.188. The molecule has 1 aromatic heterocycles. The smallest absolute Gasteiger partial charge is 0.144 e. The lowest BCUT2D eigenvalue weighted by atomic mass is 10.1. The van der Waals surface area contributed by atoms with Crippen molar-refractivity contribution in [2.24, 2.45) is 0 Å². The first kappa shape index (κ1) is 11.5. The summed E-state index contributed by atoms with van der Waals surface area (Å²) in [6, 6.07) is 3.92. The molecule has 4 heteroatoms. The van der Waals surface area contributed by atoms with E-state index in [2.05, 4.69) is 16.4 Å². The number of aromatic nitrogens is 1. The van der Waals surface area contributed by atoms with Crippen molar-refractivity contribution in [3.63, 3.8) is 0 Å². The van der Waals surface area contributed by atoms with E-state index in [0.29, 0.717) is 24.3 Å². The maximum Gasteiger partial charge on any atom is 0.144 e. The van der Waals surface area contributed by atoms with Gasteiger partial charge < -0.3 is 10.4 Å². The van der Waals surface area contributed by atoms with Crippen molar-refractivity contribution >= 4 is 5.82 Å². The van der Waals surface area contributed by atoms with Crippen molar-refractivity contribution in [3.8, 4) is 6.07 Å². The Kier molecular flexibility index (Phi) is 4.07. The largest absolute Gasteiger partial charge is 0.393 e. The monoisotopic (exact) mass is 205 g/mol. The van der Waals surface area contributed by atoms with Gasteiger partial charge in [0.15, 0.2) is 0 Å². The third kappa shape index (κ3) is 3.22. The highest BCUT2D eigenvalue weighted by Gasteiger charge is 2.05. The summed E-state index contributed by atoms with van der Waals surface area (Å²) < 4.78 is 0. The van der Waals surface area contributed by atoms with Crippen LogP contribution in [-0.4, -0.2) is 22.7 Å². The molecule has 0 fully saturated rings. The molecule has 4 nitrogen and oxygen atoms in total. The Bertz CT molecular complexity index is 369. The van der Waals surface area contributed by atoms with E-state index in [1.165, 1.54) is 0 Å². The standard InChI is InChI=1S/C11H15N3O/c1-8-3-5-13-11(10(8)7-12)14-6-4-9(2)15/h3,5,9,15H,4,6H2,1-2H3,(H,13,14). The van der Waals surface area contributed by atoms with E-state index in [-0.39, 0.29) is 6.10 Å². The van der Waals surface area contributed by atoms with Gasteiger partial charge in [-0.2, -0.15) is 5.26 Å². The first-order valence-corrected chi connectivity index (χ1v) is 4.92. The van der Waals surface area contributed by atoms with Gasteiger partial charge in [0.1, 0.15) is 11.9 Å². The SMILES string of the molecule is Cc1ccnc(NCCC(C)O)c1C#N. The van der Waals surface area contributed by atoms with Crippen molar-refractivity contribution in [2.75, 3.05) is 11.9 Å². The van der Waals surface area contributed by atoms with Crippen LogP contribution >= 0.6 is 0 Å². The highest BCUT2D eigenvalue weighted by atomic mass is 16.3. The number of rotatable bonds is 4. The zero-order chi connectivity index (χ0) is 11.3. The van der Waals surface area contributed by atoms with E-state index < -0.39 is 0 Å². The molecular weight excluding hydrogens is 190 g/mol. The van der Waals surface area contributed by atoms with E-state index >= 15 is 0 Å². The minimum absolute atomic E-state index is 0.340. The second-order valence-electron chi connectivity index (χ2n) is 3.53. The van der Waals surface area contributed by atoms with E-state index in [1.54, 1.807) is 19.2 Å². The Morgan fingerprint density at radius 2 is 2.40 bits per heavy atom. The molecule has 1 atom stereocenters. The Balaban J connectivity index is 2.69. The first-order valence-electron chi connectivity index (χ1n) is 4.92. The number of aliphatic hydroxyl groups excluding tert-OH is 1. The Hall–Kier alpha value is -1.60. The molecule has 0 saturated carbocycles. The molecule has 0 amide bonds. The normalized spacial score (nSPS) is 11.9. The molecule has 2 N–H and O–H groups in total. The summed E-state index contributed by atoms with van der Waals surface area (Å²) in [5.41, 5.74) is 1.48. The number of anilines is 1. The summed E-state index contributed by atoms with van der Waals surface area (Å²) in [7, 11) is 0. The average molecular weight is 205 g/mol. The number of nitrogens with zero attached hydrogens (tertiary/aromatic N) is 2. The molecule has 1 rings (SSSR count). The summed E-state index contributed by atoms with van der Waals surface area (Å²) in [6.45, 7) is 4.22. The lowest BCUT2D eigenvalue weighted by Gasteiger charge is -2.09. The quantitative estimate of drug-likeness (QED) is 0.780. The molecule has 0 bridgehead atoms. The van der Waals surface area contributed by atoms with Gasteiger partial charge >= 0.3 is 0 Å². The maximum absolute atomic E-state index is 9.09. The van der Waals surface area contributed by atoms with Gasteiger partial charge in [-0.1, -0.05) is 0 Å². The zero-order valence-corrected chi connectivity index (χ0v) is 8.99. The molecule has 1 heterocycles. The van der Waals surface area contributed by atoms with E-state index in [0.717, 1.165) is 5.56 Å². The Morgan fingerprint density at radius 1 is 1.67 bits per heavy atom. The minimum Gasteiger partial charge on any atom is -0.393 e. The molecule has 1 aromatic rings. The highest BCUT2D eigenvalue weighted by Crippen LogP contribution is 2.14. The number of nitriles is 1. The fraction of sp³-hybridized carbons (Fsp3) is 0.455. The van der Waals surface area contributed by atoms with Crippen LogP contribution in [0.2, 0.25) is 0 Å². The molecule has 15 heavy (non-hydrogen) atoms. The summed E-state index contributed by atoms with van der Waals surface area (Å²) >= 11 is 0. The summed E-state index contributed by atoms with van der Waals surface area (Å²) in [5.74, 6) is 0.596. The van der Waals surface area contributed by atoms with Gasteiger partial charge in [0, 0.05) is 12.7 Å². The number of pyridine rings is 1. The van der Waals surface area contributed by atoms with Crippen LogP contribution in [0.5, 0.6) is 0 Å². The molecule has 0 radical (unpaired) electrons. The van der Waals surface area contributed by atoms with Crippen LogP contribution in [0.4, 0.5) is 5.82 Å². The number of nitrogens with one attached hydrogen (secondary N) is 1. The fourth-order valence-corrected chi connectivity index (χ4v) is 1.23. The van der Waals surface area contributed by atoms with Crippen molar-refractivity contribution in [2.45, 2.75) is 26.4 Å². The average Bonchev–Trinajstić information content (AvgIpc) is 2.17. The zero-order valence-electron chi connectivity index (χ0n) is 8.99. The van der Waals surface area contributed by atoms with Crippen LogP contribution in [0.25, 0.3) is 0 Å². The minimum atomic E-state index is -0.340. The second kappa shape index (κ2) is 5.32. The molecular formula is C11H15N3O. The van der Waals surface area contributed by atoms with E-state index in [4.69, 9.17) is 10.4 Å². The van der Waals surface area contributed by atoms with Crippen LogP contribution in [0.1, 0.15) is 24.5 Å². The summed E-state index contributed by atoms with van der Waals surface area (Å²) in [4.78, 5) is 4.09. The number of aliphatic hydroxyl groups is 1. The van der Waals surface area contributed by atoms with Crippen molar-refractivity contribution < 1.29 is 5.11 Å². The van der Waals surface area contributed by atoms with Crippen LogP contribution in [-0.2, 0) is 0 Å². The van der Waals surface area contributed by atoms with Crippen LogP contribution in [0, 0.1) is 18.3 Å². The molecule has 0 saturated heterocycles. The molecule has 0 aliphatic heterocycles. The highest BCUT2D eigenvalue weighted by molar-refractivity contribution is 5.55. The second-order valence-corrected chi connectivity index (χ2v) is 3.53. The van der Waals surface area contributed by atoms with Crippen molar-refractivity contribution in [1.82, 2.24) is 4.98 Å². The van der Waals surface area contributed by atoms with Gasteiger partial charge in [-0.3, -0.25) is 0 Å². The predicted octanol–water partition coefficient (Wildman–Crippen LogP) is 1.44. The number of hydrogen-bond acceptors (Lipinski definition) is 4.